The summed E-state index contributed by atoms with van der Waals surface area (Å²) < 4.78 is 0. The van der Waals surface area contributed by atoms with Crippen LogP contribution in [0.1, 0.15) is 6.92 Å². The van der Waals surface area contributed by atoms with Crippen molar-refractivity contribution < 1.29 is 0 Å². The highest BCUT2D eigenvalue weighted by atomic mass is 14.9. The van der Waals surface area contributed by atoms with Crippen LogP contribution in [-0.2, 0) is 0 Å². The molecule has 0 aliphatic rings. The van der Waals surface area contributed by atoms with Crippen molar-refractivity contribution >= 4 is 0 Å². The Balaban J connectivity index is 4.00. The van der Waals surface area contributed by atoms with Gasteiger partial charge in [-0.05, 0) is 19.5 Å². The van der Waals surface area contributed by atoms with Gasteiger partial charge < -0.3 is 11.1 Å². The van der Waals surface area contributed by atoms with Crippen LogP contribution < -0.4 is 11.1 Å². The van der Waals surface area contributed by atoms with Gasteiger partial charge in [0.2, 0.25) is 0 Å². The van der Waals surface area contributed by atoms with E-state index in [-0.39, 0.29) is 6.04 Å². The average molecular weight is 166 g/mol. The highest BCUT2D eigenvalue weighted by Gasteiger charge is 2.02. The molecular weight excluding hydrogens is 148 g/mol. The number of likely N-dealkylation sites (N-methyl/N-ethyl adjacent to an activating group) is 1. The second kappa shape index (κ2) is 6.83. The lowest BCUT2D eigenvalue weighted by Gasteiger charge is -2.12. The van der Waals surface area contributed by atoms with Gasteiger partial charge in [0.25, 0.3) is 0 Å². The molecule has 68 valence electrons. The van der Waals surface area contributed by atoms with Crippen LogP contribution in [0.2, 0.25) is 0 Å². The molecule has 1 atom stereocenters. The SMILES string of the molecule is C=C(/C=C\C=C/C)[C@@H](CN)NC. The second-order valence-corrected chi connectivity index (χ2v) is 2.54. The minimum atomic E-state index is 0.187. The van der Waals surface area contributed by atoms with Crippen LogP contribution in [0.3, 0.4) is 0 Å². The summed E-state index contributed by atoms with van der Waals surface area (Å²) in [6.45, 7) is 6.46. The summed E-state index contributed by atoms with van der Waals surface area (Å²) in [6, 6.07) is 0.187. The Labute approximate surface area is 74.8 Å². The van der Waals surface area contributed by atoms with Gasteiger partial charge in [-0.1, -0.05) is 30.9 Å². The third kappa shape index (κ3) is 4.11. The molecule has 0 aromatic rings. The summed E-state index contributed by atoms with van der Waals surface area (Å²) in [7, 11) is 1.88. The summed E-state index contributed by atoms with van der Waals surface area (Å²) in [5, 5.41) is 3.08. The van der Waals surface area contributed by atoms with E-state index < -0.39 is 0 Å². The molecular formula is C10H18N2. The average Bonchev–Trinajstić information content (AvgIpc) is 2.07. The lowest BCUT2D eigenvalue weighted by Crippen LogP contribution is -2.34. The Morgan fingerprint density at radius 1 is 1.58 bits per heavy atom. The Morgan fingerprint density at radius 3 is 2.67 bits per heavy atom. The number of nitrogens with one attached hydrogen (secondary N) is 1. The predicted octanol–water partition coefficient (Wildman–Crippen LogP) is 1.22. The lowest BCUT2D eigenvalue weighted by molar-refractivity contribution is 0.657. The third-order valence-electron chi connectivity index (χ3n) is 1.65. The Kier molecular flexibility index (Phi) is 6.34. The van der Waals surface area contributed by atoms with Crippen molar-refractivity contribution in [3.8, 4) is 0 Å². The molecule has 0 saturated carbocycles. The second-order valence-electron chi connectivity index (χ2n) is 2.54. The van der Waals surface area contributed by atoms with E-state index >= 15 is 0 Å². The fraction of sp³-hybridized carbons (Fsp3) is 0.400. The molecule has 0 saturated heterocycles. The van der Waals surface area contributed by atoms with Crippen molar-refractivity contribution in [1.29, 1.82) is 0 Å². The van der Waals surface area contributed by atoms with Gasteiger partial charge in [-0.15, -0.1) is 0 Å². The first kappa shape index (κ1) is 11.1. The molecule has 0 aliphatic heterocycles. The van der Waals surface area contributed by atoms with Crippen LogP contribution >= 0.6 is 0 Å². The van der Waals surface area contributed by atoms with Gasteiger partial charge in [-0.25, -0.2) is 0 Å². The molecule has 0 amide bonds. The monoisotopic (exact) mass is 166 g/mol. The maximum absolute atomic E-state index is 5.51. The molecule has 0 bridgehead atoms. The minimum absolute atomic E-state index is 0.187. The zero-order valence-corrected chi connectivity index (χ0v) is 7.88. The topological polar surface area (TPSA) is 38.0 Å². The van der Waals surface area contributed by atoms with Gasteiger partial charge in [0.15, 0.2) is 0 Å². The highest BCUT2D eigenvalue weighted by molar-refractivity contribution is 5.24. The Morgan fingerprint density at radius 2 is 2.25 bits per heavy atom. The van der Waals surface area contributed by atoms with Gasteiger partial charge in [-0.2, -0.15) is 0 Å². The molecule has 0 unspecified atom stereocenters. The molecule has 0 aromatic carbocycles. The van der Waals surface area contributed by atoms with E-state index in [4.69, 9.17) is 5.73 Å². The molecule has 0 radical (unpaired) electrons. The summed E-state index contributed by atoms with van der Waals surface area (Å²) in [5.74, 6) is 0. The minimum Gasteiger partial charge on any atom is -0.329 e. The van der Waals surface area contributed by atoms with Crippen LogP contribution in [-0.4, -0.2) is 19.6 Å². The molecule has 0 fully saturated rings. The maximum atomic E-state index is 5.51. The molecule has 0 heterocycles. The molecule has 2 nitrogen and oxygen atoms in total. The van der Waals surface area contributed by atoms with Gasteiger partial charge in [0.05, 0.1) is 0 Å². The summed E-state index contributed by atoms with van der Waals surface area (Å²) in [5.41, 5.74) is 6.53. The van der Waals surface area contributed by atoms with Crippen LogP contribution in [0.5, 0.6) is 0 Å². The first-order chi connectivity index (χ1) is 5.76. The van der Waals surface area contributed by atoms with Crippen LogP contribution in [0.25, 0.3) is 0 Å². The zero-order chi connectivity index (χ0) is 9.40. The number of allylic oxidation sites excluding steroid dienone is 3. The van der Waals surface area contributed by atoms with Crippen molar-refractivity contribution in [2.24, 2.45) is 5.73 Å². The maximum Gasteiger partial charge on any atom is 0.0436 e. The smallest absolute Gasteiger partial charge is 0.0436 e. The van der Waals surface area contributed by atoms with Crippen LogP contribution in [0.4, 0.5) is 0 Å². The predicted molar refractivity (Wildman–Crippen MR) is 55.0 cm³/mol. The first-order valence-electron chi connectivity index (χ1n) is 4.11. The fourth-order valence-corrected chi connectivity index (χ4v) is 0.861. The van der Waals surface area contributed by atoms with Gasteiger partial charge in [-0.3, -0.25) is 0 Å². The van der Waals surface area contributed by atoms with Crippen molar-refractivity contribution in [1.82, 2.24) is 5.32 Å². The Bertz CT molecular complexity index is 176. The molecule has 0 spiro atoms. The van der Waals surface area contributed by atoms with E-state index in [1.807, 2.05) is 38.3 Å². The molecule has 2 heteroatoms. The highest BCUT2D eigenvalue weighted by Crippen LogP contribution is 1.99. The molecule has 3 N–H and O–H groups in total. The number of hydrogen-bond acceptors (Lipinski definition) is 2. The molecule has 12 heavy (non-hydrogen) atoms. The van der Waals surface area contributed by atoms with Crippen LogP contribution in [0, 0.1) is 0 Å². The van der Waals surface area contributed by atoms with E-state index in [1.165, 1.54) is 0 Å². The fourth-order valence-electron chi connectivity index (χ4n) is 0.861. The van der Waals surface area contributed by atoms with E-state index in [2.05, 4.69) is 11.9 Å². The zero-order valence-electron chi connectivity index (χ0n) is 7.88. The van der Waals surface area contributed by atoms with E-state index in [9.17, 15) is 0 Å². The number of rotatable bonds is 5. The van der Waals surface area contributed by atoms with E-state index in [1.54, 1.807) is 0 Å². The summed E-state index contributed by atoms with van der Waals surface area (Å²) in [4.78, 5) is 0. The van der Waals surface area contributed by atoms with E-state index in [0.717, 1.165) is 5.57 Å². The van der Waals surface area contributed by atoms with Crippen molar-refractivity contribution in [2.45, 2.75) is 13.0 Å². The standard InChI is InChI=1S/C10H18N2/c1-4-5-6-7-9(2)10(8-11)12-3/h4-7,10,12H,2,8,11H2,1,3H3/b5-4-,7-6-/t10-/m1/s1. The van der Waals surface area contributed by atoms with Crippen molar-refractivity contribution in [2.75, 3.05) is 13.6 Å². The van der Waals surface area contributed by atoms with Crippen molar-refractivity contribution in [3.05, 3.63) is 36.5 Å². The summed E-state index contributed by atoms with van der Waals surface area (Å²) in [6.07, 6.45) is 7.87. The molecule has 0 rings (SSSR count). The quantitative estimate of drug-likeness (QED) is 0.603. The van der Waals surface area contributed by atoms with Gasteiger partial charge in [0.1, 0.15) is 0 Å². The third-order valence-corrected chi connectivity index (χ3v) is 1.65. The largest absolute Gasteiger partial charge is 0.329 e. The molecule has 0 aliphatic carbocycles. The van der Waals surface area contributed by atoms with Gasteiger partial charge in [0, 0.05) is 12.6 Å². The Hall–Kier alpha value is -0.860. The van der Waals surface area contributed by atoms with Crippen LogP contribution in [0.15, 0.2) is 36.5 Å². The molecule has 0 aromatic heterocycles. The number of hydrogen-bond donors (Lipinski definition) is 2. The normalized spacial score (nSPS) is 14.2. The summed E-state index contributed by atoms with van der Waals surface area (Å²) >= 11 is 0. The first-order valence-corrected chi connectivity index (χ1v) is 4.11. The van der Waals surface area contributed by atoms with E-state index in [0.29, 0.717) is 6.54 Å². The van der Waals surface area contributed by atoms with Crippen molar-refractivity contribution in [3.63, 3.8) is 0 Å². The van der Waals surface area contributed by atoms with Gasteiger partial charge >= 0.3 is 0 Å². The lowest BCUT2D eigenvalue weighted by atomic mass is 10.1. The number of nitrogens with two attached hydrogens (primary N) is 1.